The number of esters is 1. The summed E-state index contributed by atoms with van der Waals surface area (Å²) >= 11 is 0. The van der Waals surface area contributed by atoms with Gasteiger partial charge in [-0.25, -0.2) is 4.79 Å². The van der Waals surface area contributed by atoms with Crippen LogP contribution >= 0.6 is 0 Å². The summed E-state index contributed by atoms with van der Waals surface area (Å²) in [5.41, 5.74) is -1.83. The van der Waals surface area contributed by atoms with Crippen molar-refractivity contribution in [1.29, 1.82) is 5.26 Å². The first-order valence-corrected chi connectivity index (χ1v) is 4.61. The zero-order chi connectivity index (χ0) is 14.6. The monoisotopic (exact) mass is 263 g/mol. The van der Waals surface area contributed by atoms with Crippen LogP contribution in [-0.4, -0.2) is 15.8 Å². The third kappa shape index (κ3) is 3.10. The number of carbonyl (C=O) groups is 1. The zero-order valence-electron chi connectivity index (χ0n) is 9.23. The van der Waals surface area contributed by atoms with E-state index in [1.165, 1.54) is 6.07 Å². The number of nitro benzene ring substituents is 2. The average molecular weight is 263 g/mol. The first kappa shape index (κ1) is 13.8. The molecule has 19 heavy (non-hydrogen) atoms. The van der Waals surface area contributed by atoms with Gasteiger partial charge in [0.1, 0.15) is 11.6 Å². The lowest BCUT2D eigenvalue weighted by atomic mass is 10.1. The lowest BCUT2D eigenvalue weighted by Gasteiger charge is -2.02. The largest absolute Gasteiger partial charge is 0.412 e. The zero-order valence-corrected chi connectivity index (χ0v) is 9.23. The Morgan fingerprint density at radius 1 is 1.32 bits per heavy atom. The number of carbonyl (C=O) groups excluding carboxylic acids is 1. The molecule has 1 rings (SSSR count). The van der Waals surface area contributed by atoms with Gasteiger partial charge in [-0.1, -0.05) is 0 Å². The number of allylic oxidation sites excluding steroid dienone is 1. The van der Waals surface area contributed by atoms with Crippen molar-refractivity contribution in [3.05, 3.63) is 56.3 Å². The van der Waals surface area contributed by atoms with Crippen molar-refractivity contribution in [2.45, 2.75) is 0 Å². The van der Waals surface area contributed by atoms with Gasteiger partial charge in [0.05, 0.1) is 15.9 Å². The maximum atomic E-state index is 11.5. The summed E-state index contributed by atoms with van der Waals surface area (Å²) in [6.07, 6.45) is 0. The number of ether oxygens (including phenoxy) is 1. The minimum atomic E-state index is -1.19. The maximum Gasteiger partial charge on any atom is 0.351 e. The first-order chi connectivity index (χ1) is 8.86. The Morgan fingerprint density at radius 2 is 1.95 bits per heavy atom. The second kappa shape index (κ2) is 5.37. The molecule has 1 aromatic rings. The molecule has 0 aliphatic heterocycles. The molecule has 9 nitrogen and oxygen atoms in total. The van der Waals surface area contributed by atoms with E-state index in [1.807, 2.05) is 0 Å². The summed E-state index contributed by atoms with van der Waals surface area (Å²) in [5, 5.41) is 29.6. The molecule has 0 aliphatic rings. The van der Waals surface area contributed by atoms with Crippen molar-refractivity contribution in [1.82, 2.24) is 0 Å². The minimum absolute atomic E-state index is 0.507. The predicted octanol–water partition coefficient (Wildman–Crippen LogP) is 1.70. The van der Waals surface area contributed by atoms with Crippen molar-refractivity contribution in [3.63, 3.8) is 0 Å². The molecule has 96 valence electrons. The third-order valence-corrected chi connectivity index (χ3v) is 1.95. The van der Waals surface area contributed by atoms with E-state index in [0.717, 1.165) is 12.1 Å². The summed E-state index contributed by atoms with van der Waals surface area (Å²) in [5.74, 6) is -1.73. The van der Waals surface area contributed by atoms with Crippen LogP contribution in [0.2, 0.25) is 0 Å². The highest BCUT2D eigenvalue weighted by Crippen LogP contribution is 2.25. The van der Waals surface area contributed by atoms with Crippen LogP contribution in [-0.2, 0) is 4.74 Å². The molecule has 0 unspecified atom stereocenters. The van der Waals surface area contributed by atoms with Crippen molar-refractivity contribution in [2.24, 2.45) is 0 Å². The predicted molar refractivity (Wildman–Crippen MR) is 59.9 cm³/mol. The number of non-ortho nitro benzene ring substituents is 1. The molecule has 0 N–H and O–H groups in total. The Hall–Kier alpha value is -3.28. The van der Waals surface area contributed by atoms with Gasteiger partial charge in [-0.15, -0.1) is 0 Å². The quantitative estimate of drug-likeness (QED) is 0.265. The smallest absolute Gasteiger partial charge is 0.351 e. The van der Waals surface area contributed by atoms with Gasteiger partial charge in [0.25, 0.3) is 11.4 Å². The Balaban J connectivity index is 3.25. The second-order valence-corrected chi connectivity index (χ2v) is 3.14. The summed E-state index contributed by atoms with van der Waals surface area (Å²) in [7, 11) is 0. The number of hydrogen-bond donors (Lipinski definition) is 0. The lowest BCUT2D eigenvalue weighted by molar-refractivity contribution is -0.394. The number of benzene rings is 1. The van der Waals surface area contributed by atoms with E-state index in [2.05, 4.69) is 11.3 Å². The SMILES string of the molecule is C=C(C#N)OC(=O)c1ccc([N+](=O)[O-])cc1[N+](=O)[O-]. The average Bonchev–Trinajstić information content (AvgIpc) is 2.37. The van der Waals surface area contributed by atoms with Gasteiger partial charge in [-0.05, 0) is 12.6 Å². The normalized spacial score (nSPS) is 9.21. The number of hydrogen-bond acceptors (Lipinski definition) is 7. The Bertz CT molecular complexity index is 631. The molecule has 1 aromatic carbocycles. The van der Waals surface area contributed by atoms with E-state index >= 15 is 0 Å². The van der Waals surface area contributed by atoms with E-state index in [4.69, 9.17) is 5.26 Å². The highest BCUT2D eigenvalue weighted by Gasteiger charge is 2.25. The molecule has 0 fully saturated rings. The standard InChI is InChI=1S/C10H5N3O6/c1-6(5-11)19-10(14)8-3-2-7(12(15)16)4-9(8)13(17)18/h2-4H,1H2. The highest BCUT2D eigenvalue weighted by atomic mass is 16.6. The first-order valence-electron chi connectivity index (χ1n) is 4.61. The molecular weight excluding hydrogens is 258 g/mol. The second-order valence-electron chi connectivity index (χ2n) is 3.14. The summed E-state index contributed by atoms with van der Waals surface area (Å²) < 4.78 is 4.41. The Morgan fingerprint density at radius 3 is 2.42 bits per heavy atom. The molecule has 0 bridgehead atoms. The molecule has 0 radical (unpaired) electrons. The molecule has 0 heterocycles. The highest BCUT2D eigenvalue weighted by molar-refractivity contribution is 5.95. The van der Waals surface area contributed by atoms with E-state index in [-0.39, 0.29) is 0 Å². The van der Waals surface area contributed by atoms with Crippen LogP contribution in [0.1, 0.15) is 10.4 Å². The summed E-state index contributed by atoms with van der Waals surface area (Å²) in [4.78, 5) is 31.0. The molecular formula is C10H5N3O6. The Kier molecular flexibility index (Phi) is 3.89. The summed E-state index contributed by atoms with van der Waals surface area (Å²) in [6, 6.07) is 3.85. The van der Waals surface area contributed by atoms with Crippen molar-refractivity contribution in [3.8, 4) is 6.07 Å². The van der Waals surface area contributed by atoms with Gasteiger partial charge in [-0.2, -0.15) is 5.26 Å². The number of nitriles is 1. The van der Waals surface area contributed by atoms with E-state index in [0.29, 0.717) is 6.07 Å². The topological polar surface area (TPSA) is 136 Å². The maximum absolute atomic E-state index is 11.5. The van der Waals surface area contributed by atoms with Crippen LogP contribution in [0.4, 0.5) is 11.4 Å². The third-order valence-electron chi connectivity index (χ3n) is 1.95. The van der Waals surface area contributed by atoms with Gasteiger partial charge in [0, 0.05) is 6.07 Å². The number of nitrogens with zero attached hydrogens (tertiary/aromatic N) is 3. The molecule has 0 aliphatic carbocycles. The molecule has 0 aromatic heterocycles. The van der Waals surface area contributed by atoms with Crippen LogP contribution in [0.3, 0.4) is 0 Å². The van der Waals surface area contributed by atoms with Crippen LogP contribution in [0, 0.1) is 31.6 Å². The van der Waals surface area contributed by atoms with Gasteiger partial charge in [0.15, 0.2) is 0 Å². The van der Waals surface area contributed by atoms with Crippen LogP contribution < -0.4 is 0 Å². The van der Waals surface area contributed by atoms with Gasteiger partial charge in [-0.3, -0.25) is 20.2 Å². The summed E-state index contributed by atoms with van der Waals surface area (Å²) in [6.45, 7) is 3.08. The fourth-order valence-corrected chi connectivity index (χ4v) is 1.15. The molecule has 9 heteroatoms. The van der Waals surface area contributed by atoms with Gasteiger partial charge in [0.2, 0.25) is 5.76 Å². The van der Waals surface area contributed by atoms with E-state index in [1.54, 1.807) is 0 Å². The van der Waals surface area contributed by atoms with Crippen molar-refractivity contribution < 1.29 is 19.4 Å². The van der Waals surface area contributed by atoms with Gasteiger partial charge >= 0.3 is 5.97 Å². The molecule has 0 atom stereocenters. The minimum Gasteiger partial charge on any atom is -0.412 e. The van der Waals surface area contributed by atoms with Crippen LogP contribution in [0.15, 0.2) is 30.5 Å². The van der Waals surface area contributed by atoms with E-state index in [9.17, 15) is 25.0 Å². The molecule has 0 amide bonds. The van der Waals surface area contributed by atoms with Crippen molar-refractivity contribution in [2.75, 3.05) is 0 Å². The fourth-order valence-electron chi connectivity index (χ4n) is 1.15. The Labute approximate surface area is 105 Å². The van der Waals surface area contributed by atoms with Gasteiger partial charge < -0.3 is 4.74 Å². The molecule has 0 spiro atoms. The number of rotatable bonds is 4. The molecule has 0 saturated heterocycles. The van der Waals surface area contributed by atoms with E-state index < -0.39 is 38.5 Å². The molecule has 0 saturated carbocycles. The van der Waals surface area contributed by atoms with Crippen molar-refractivity contribution >= 4 is 17.3 Å². The van der Waals surface area contributed by atoms with Crippen LogP contribution in [0.5, 0.6) is 0 Å². The number of nitro groups is 2. The lowest BCUT2D eigenvalue weighted by Crippen LogP contribution is -2.07. The van der Waals surface area contributed by atoms with Crippen LogP contribution in [0.25, 0.3) is 0 Å². The fraction of sp³-hybridized carbons (Fsp3) is 0.